The van der Waals surface area contributed by atoms with Gasteiger partial charge in [-0.05, 0) is 38.3 Å². The zero-order chi connectivity index (χ0) is 13.1. The highest BCUT2D eigenvalue weighted by Gasteiger charge is 2.14. The van der Waals surface area contributed by atoms with Crippen molar-refractivity contribution in [1.29, 1.82) is 0 Å². The number of piperidine rings is 1. The Morgan fingerprint density at radius 3 is 2.58 bits per heavy atom. The summed E-state index contributed by atoms with van der Waals surface area (Å²) in [7, 11) is 0. The van der Waals surface area contributed by atoms with Crippen molar-refractivity contribution in [2.24, 2.45) is 0 Å². The average molecular weight is 254 g/mol. The second-order valence-corrected chi connectivity index (χ2v) is 4.92. The number of rotatable bonds is 2. The van der Waals surface area contributed by atoms with E-state index in [1.165, 1.54) is 19.3 Å². The first-order chi connectivity index (χ1) is 9.33. The molecule has 0 aromatic carbocycles. The lowest BCUT2D eigenvalue weighted by molar-refractivity contribution is 0.572. The fourth-order valence-corrected chi connectivity index (χ4v) is 2.48. The molecule has 0 aliphatic carbocycles. The Labute approximate surface area is 113 Å². The molecule has 3 rings (SSSR count). The van der Waals surface area contributed by atoms with Gasteiger partial charge in [-0.25, -0.2) is 9.97 Å². The van der Waals surface area contributed by atoms with Crippen molar-refractivity contribution >= 4 is 5.82 Å². The summed E-state index contributed by atoms with van der Waals surface area (Å²) in [6.07, 6.45) is 5.63. The molecule has 0 radical (unpaired) electrons. The van der Waals surface area contributed by atoms with Crippen LogP contribution in [0.3, 0.4) is 0 Å². The molecule has 2 aromatic heterocycles. The van der Waals surface area contributed by atoms with Gasteiger partial charge in [-0.1, -0.05) is 6.07 Å². The molecular formula is C15H18N4. The number of aryl methyl sites for hydroxylation is 1. The molecule has 3 heterocycles. The van der Waals surface area contributed by atoms with Gasteiger partial charge in [0.2, 0.25) is 0 Å². The first-order valence-electron chi connectivity index (χ1n) is 6.85. The van der Waals surface area contributed by atoms with Crippen molar-refractivity contribution < 1.29 is 0 Å². The van der Waals surface area contributed by atoms with E-state index in [-0.39, 0.29) is 0 Å². The second kappa shape index (κ2) is 5.34. The van der Waals surface area contributed by atoms with Crippen LogP contribution in [0.15, 0.2) is 30.5 Å². The Morgan fingerprint density at radius 1 is 1.00 bits per heavy atom. The van der Waals surface area contributed by atoms with Crippen molar-refractivity contribution in [3.8, 4) is 11.4 Å². The molecule has 1 saturated heterocycles. The maximum absolute atomic E-state index is 4.57. The van der Waals surface area contributed by atoms with E-state index in [2.05, 4.69) is 25.9 Å². The van der Waals surface area contributed by atoms with Gasteiger partial charge in [0.1, 0.15) is 11.6 Å². The lowest BCUT2D eigenvalue weighted by atomic mass is 10.1. The number of hydrogen-bond acceptors (Lipinski definition) is 4. The van der Waals surface area contributed by atoms with Gasteiger partial charge in [-0.15, -0.1) is 0 Å². The summed E-state index contributed by atoms with van der Waals surface area (Å²) in [4.78, 5) is 15.8. The summed E-state index contributed by atoms with van der Waals surface area (Å²) in [5, 5.41) is 0. The third-order valence-corrected chi connectivity index (χ3v) is 3.43. The fraction of sp³-hybridized carbons (Fsp3) is 0.400. The normalized spacial score (nSPS) is 15.5. The van der Waals surface area contributed by atoms with Crippen LogP contribution in [0.25, 0.3) is 11.4 Å². The van der Waals surface area contributed by atoms with E-state index in [1.54, 1.807) is 6.20 Å². The van der Waals surface area contributed by atoms with Crippen LogP contribution in [0.5, 0.6) is 0 Å². The molecule has 2 aromatic rings. The van der Waals surface area contributed by atoms with Crippen LogP contribution in [0.4, 0.5) is 5.82 Å². The first-order valence-corrected chi connectivity index (χ1v) is 6.85. The topological polar surface area (TPSA) is 41.9 Å². The quantitative estimate of drug-likeness (QED) is 0.826. The van der Waals surface area contributed by atoms with Gasteiger partial charge in [0, 0.05) is 25.4 Å². The zero-order valence-electron chi connectivity index (χ0n) is 11.2. The van der Waals surface area contributed by atoms with E-state index >= 15 is 0 Å². The van der Waals surface area contributed by atoms with E-state index in [9.17, 15) is 0 Å². The van der Waals surface area contributed by atoms with Crippen LogP contribution in [-0.2, 0) is 0 Å². The van der Waals surface area contributed by atoms with E-state index in [0.29, 0.717) is 0 Å². The molecule has 0 atom stereocenters. The van der Waals surface area contributed by atoms with Crippen molar-refractivity contribution in [3.05, 3.63) is 36.3 Å². The van der Waals surface area contributed by atoms with Gasteiger partial charge in [-0.2, -0.15) is 0 Å². The molecule has 0 N–H and O–H groups in total. The summed E-state index contributed by atoms with van der Waals surface area (Å²) in [5.41, 5.74) is 1.82. The van der Waals surface area contributed by atoms with Crippen LogP contribution < -0.4 is 4.90 Å². The van der Waals surface area contributed by atoms with Crippen LogP contribution in [0, 0.1) is 6.92 Å². The van der Waals surface area contributed by atoms with Crippen molar-refractivity contribution in [2.45, 2.75) is 26.2 Å². The Balaban J connectivity index is 1.96. The van der Waals surface area contributed by atoms with Gasteiger partial charge in [0.25, 0.3) is 0 Å². The maximum Gasteiger partial charge on any atom is 0.132 e. The van der Waals surface area contributed by atoms with Gasteiger partial charge in [0.05, 0.1) is 11.4 Å². The van der Waals surface area contributed by atoms with E-state index in [0.717, 1.165) is 36.1 Å². The predicted octanol–water partition coefficient (Wildman–Crippen LogP) is 2.84. The molecule has 1 aliphatic heterocycles. The minimum Gasteiger partial charge on any atom is -0.356 e. The highest BCUT2D eigenvalue weighted by atomic mass is 15.2. The largest absolute Gasteiger partial charge is 0.356 e. The van der Waals surface area contributed by atoms with Gasteiger partial charge in [0.15, 0.2) is 0 Å². The molecule has 0 saturated carbocycles. The summed E-state index contributed by atoms with van der Waals surface area (Å²) in [6, 6.07) is 7.95. The summed E-state index contributed by atoms with van der Waals surface area (Å²) < 4.78 is 0. The third kappa shape index (κ3) is 2.72. The number of nitrogens with zero attached hydrogens (tertiary/aromatic N) is 4. The predicted molar refractivity (Wildman–Crippen MR) is 76.1 cm³/mol. The highest BCUT2D eigenvalue weighted by molar-refractivity contribution is 5.59. The molecule has 1 fully saturated rings. The molecule has 4 nitrogen and oxygen atoms in total. The lowest BCUT2D eigenvalue weighted by Crippen LogP contribution is -2.30. The van der Waals surface area contributed by atoms with E-state index in [4.69, 9.17) is 0 Å². The van der Waals surface area contributed by atoms with Crippen molar-refractivity contribution in [3.63, 3.8) is 0 Å². The average Bonchev–Trinajstić information content (AvgIpc) is 2.48. The molecular weight excluding hydrogens is 236 g/mol. The van der Waals surface area contributed by atoms with E-state index < -0.39 is 0 Å². The SMILES string of the molecule is Cc1nc(-c2ccccn2)cc(N2CCCCC2)n1. The molecule has 0 bridgehead atoms. The summed E-state index contributed by atoms with van der Waals surface area (Å²) in [6.45, 7) is 4.14. The molecule has 4 heteroatoms. The standard InChI is InChI=1S/C15H18N4/c1-12-17-14(13-7-3-4-8-16-13)11-15(18-12)19-9-5-2-6-10-19/h3-4,7-8,11H,2,5-6,9-10H2,1H3. The first kappa shape index (κ1) is 12.1. The third-order valence-electron chi connectivity index (χ3n) is 3.43. The number of aromatic nitrogens is 3. The van der Waals surface area contributed by atoms with Crippen molar-refractivity contribution in [1.82, 2.24) is 15.0 Å². The second-order valence-electron chi connectivity index (χ2n) is 4.92. The van der Waals surface area contributed by atoms with Gasteiger partial charge in [-0.3, -0.25) is 4.98 Å². The Morgan fingerprint density at radius 2 is 1.84 bits per heavy atom. The minimum absolute atomic E-state index is 0.809. The molecule has 0 unspecified atom stereocenters. The van der Waals surface area contributed by atoms with Gasteiger partial charge >= 0.3 is 0 Å². The lowest BCUT2D eigenvalue weighted by Gasteiger charge is -2.28. The Kier molecular flexibility index (Phi) is 3.40. The van der Waals surface area contributed by atoms with Crippen LogP contribution in [0.2, 0.25) is 0 Å². The molecule has 19 heavy (non-hydrogen) atoms. The van der Waals surface area contributed by atoms with Crippen LogP contribution >= 0.6 is 0 Å². The number of hydrogen-bond donors (Lipinski definition) is 0. The maximum atomic E-state index is 4.57. The van der Waals surface area contributed by atoms with E-state index in [1.807, 2.05) is 25.1 Å². The van der Waals surface area contributed by atoms with Crippen LogP contribution in [0.1, 0.15) is 25.1 Å². The molecule has 0 amide bonds. The molecule has 98 valence electrons. The summed E-state index contributed by atoms with van der Waals surface area (Å²) >= 11 is 0. The van der Waals surface area contributed by atoms with Crippen LogP contribution in [-0.4, -0.2) is 28.0 Å². The molecule has 1 aliphatic rings. The minimum atomic E-state index is 0.809. The summed E-state index contributed by atoms with van der Waals surface area (Å²) in [5.74, 6) is 1.84. The highest BCUT2D eigenvalue weighted by Crippen LogP contribution is 2.22. The number of pyridine rings is 1. The smallest absolute Gasteiger partial charge is 0.132 e. The number of anilines is 1. The monoisotopic (exact) mass is 254 g/mol. The van der Waals surface area contributed by atoms with Gasteiger partial charge < -0.3 is 4.90 Å². The Hall–Kier alpha value is -1.97. The fourth-order valence-electron chi connectivity index (χ4n) is 2.48. The van der Waals surface area contributed by atoms with Crippen molar-refractivity contribution in [2.75, 3.05) is 18.0 Å². The molecule has 0 spiro atoms. The Bertz CT molecular complexity index is 547. The zero-order valence-corrected chi connectivity index (χ0v) is 11.2.